The van der Waals surface area contributed by atoms with Crippen LogP contribution in [0.3, 0.4) is 0 Å². The molecule has 0 spiro atoms. The second kappa shape index (κ2) is 7.58. The molecule has 1 atom stereocenters. The fourth-order valence-corrected chi connectivity index (χ4v) is 3.00. The highest BCUT2D eigenvalue weighted by Gasteiger charge is 2.23. The first-order valence-electron chi connectivity index (χ1n) is 8.06. The lowest BCUT2D eigenvalue weighted by Crippen LogP contribution is -2.31. The molecule has 0 bridgehead atoms. The monoisotopic (exact) mass is 371 g/mol. The first-order chi connectivity index (χ1) is 12.5. The van der Waals surface area contributed by atoms with Crippen LogP contribution in [0.5, 0.6) is 0 Å². The summed E-state index contributed by atoms with van der Waals surface area (Å²) in [6.07, 6.45) is 1.64. The summed E-state index contributed by atoms with van der Waals surface area (Å²) in [5.74, 6) is -0.831. The van der Waals surface area contributed by atoms with Crippen LogP contribution in [-0.4, -0.2) is 28.4 Å². The number of esters is 1. The number of imidazole rings is 1. The van der Waals surface area contributed by atoms with Gasteiger partial charge in [-0.25, -0.2) is 4.98 Å². The summed E-state index contributed by atoms with van der Waals surface area (Å²) in [5, 5.41) is 3.30. The minimum atomic E-state index is -0.616. The smallest absolute Gasteiger partial charge is 0.307 e. The zero-order valence-corrected chi connectivity index (χ0v) is 15.2. The van der Waals surface area contributed by atoms with Crippen LogP contribution >= 0.6 is 11.6 Å². The van der Waals surface area contributed by atoms with Crippen LogP contribution in [0.25, 0.3) is 5.65 Å². The summed E-state index contributed by atoms with van der Waals surface area (Å²) in [6.45, 7) is 1.93. The van der Waals surface area contributed by atoms with Gasteiger partial charge in [-0.2, -0.15) is 0 Å². The quantitative estimate of drug-likeness (QED) is 0.698. The van der Waals surface area contributed by atoms with Crippen molar-refractivity contribution in [3.05, 3.63) is 70.6 Å². The minimum absolute atomic E-state index is 0.0294. The molecule has 7 heteroatoms. The molecule has 1 aromatic carbocycles. The van der Waals surface area contributed by atoms with Crippen LogP contribution in [-0.2, 0) is 9.53 Å². The zero-order chi connectivity index (χ0) is 18.7. The number of methoxy groups -OCH3 is 1. The number of aryl methyl sites for hydroxylation is 1. The maximum absolute atomic E-state index is 12.7. The fourth-order valence-electron chi connectivity index (χ4n) is 2.74. The van der Waals surface area contributed by atoms with Gasteiger partial charge >= 0.3 is 5.97 Å². The molecule has 0 saturated carbocycles. The van der Waals surface area contributed by atoms with Gasteiger partial charge in [0, 0.05) is 16.9 Å². The summed E-state index contributed by atoms with van der Waals surface area (Å²) < 4.78 is 6.57. The number of carbonyl (C=O) groups is 2. The second-order valence-corrected chi connectivity index (χ2v) is 6.26. The van der Waals surface area contributed by atoms with Crippen molar-refractivity contribution in [3.8, 4) is 0 Å². The highest BCUT2D eigenvalue weighted by atomic mass is 35.5. The van der Waals surface area contributed by atoms with Crippen LogP contribution < -0.4 is 5.32 Å². The summed E-state index contributed by atoms with van der Waals surface area (Å²) in [4.78, 5) is 28.8. The van der Waals surface area contributed by atoms with E-state index in [4.69, 9.17) is 16.3 Å². The Hall–Kier alpha value is -2.86. The van der Waals surface area contributed by atoms with Crippen LogP contribution in [0.2, 0.25) is 5.02 Å². The topological polar surface area (TPSA) is 72.7 Å². The molecule has 134 valence electrons. The van der Waals surface area contributed by atoms with Crippen molar-refractivity contribution in [1.29, 1.82) is 0 Å². The Bertz CT molecular complexity index is 968. The SMILES string of the molecule is COC(=O)C[C@@H](NC(=O)c1cn2c(C)cccc2n1)c1ccccc1Cl. The molecule has 0 radical (unpaired) electrons. The number of hydrogen-bond acceptors (Lipinski definition) is 4. The summed E-state index contributed by atoms with van der Waals surface area (Å²) in [7, 11) is 1.30. The third kappa shape index (κ3) is 3.70. The Balaban J connectivity index is 1.89. The lowest BCUT2D eigenvalue weighted by molar-refractivity contribution is -0.141. The van der Waals surface area contributed by atoms with Crippen molar-refractivity contribution in [1.82, 2.24) is 14.7 Å². The van der Waals surface area contributed by atoms with Crippen molar-refractivity contribution < 1.29 is 14.3 Å². The van der Waals surface area contributed by atoms with E-state index in [0.717, 1.165) is 5.69 Å². The van der Waals surface area contributed by atoms with Crippen LogP contribution in [0.1, 0.15) is 34.2 Å². The maximum atomic E-state index is 12.7. The van der Waals surface area contributed by atoms with E-state index in [1.165, 1.54) is 7.11 Å². The average Bonchev–Trinajstić information content (AvgIpc) is 3.07. The minimum Gasteiger partial charge on any atom is -0.469 e. The molecule has 0 aliphatic heterocycles. The Morgan fingerprint density at radius 1 is 1.23 bits per heavy atom. The number of rotatable bonds is 5. The van der Waals surface area contributed by atoms with E-state index in [1.54, 1.807) is 30.5 Å². The lowest BCUT2D eigenvalue weighted by atomic mass is 10.0. The van der Waals surface area contributed by atoms with Gasteiger partial charge in [0.05, 0.1) is 19.6 Å². The third-order valence-electron chi connectivity index (χ3n) is 4.11. The molecule has 0 unspecified atom stereocenters. The lowest BCUT2D eigenvalue weighted by Gasteiger charge is -2.18. The van der Waals surface area contributed by atoms with E-state index < -0.39 is 12.0 Å². The first-order valence-corrected chi connectivity index (χ1v) is 8.44. The van der Waals surface area contributed by atoms with E-state index in [1.807, 2.05) is 29.5 Å². The first kappa shape index (κ1) is 17.9. The van der Waals surface area contributed by atoms with Gasteiger partial charge in [0.15, 0.2) is 0 Å². The number of fused-ring (bicyclic) bond motifs is 1. The number of halogens is 1. The Labute approximate surface area is 155 Å². The number of nitrogens with zero attached hydrogens (tertiary/aromatic N) is 2. The number of amides is 1. The van der Waals surface area contributed by atoms with E-state index in [9.17, 15) is 9.59 Å². The normalized spacial score (nSPS) is 12.0. The number of pyridine rings is 1. The molecule has 0 saturated heterocycles. The number of nitrogens with one attached hydrogen (secondary N) is 1. The number of aromatic nitrogens is 2. The van der Waals surface area contributed by atoms with Crippen molar-refractivity contribution >= 4 is 29.1 Å². The number of hydrogen-bond donors (Lipinski definition) is 1. The molecule has 3 rings (SSSR count). The van der Waals surface area contributed by atoms with E-state index in [0.29, 0.717) is 16.2 Å². The number of benzene rings is 1. The predicted octanol–water partition coefficient (Wildman–Crippen LogP) is 3.33. The average molecular weight is 372 g/mol. The molecule has 0 aliphatic carbocycles. The third-order valence-corrected chi connectivity index (χ3v) is 4.46. The Kier molecular flexibility index (Phi) is 5.23. The largest absolute Gasteiger partial charge is 0.469 e. The van der Waals surface area contributed by atoms with Gasteiger partial charge in [-0.3, -0.25) is 9.59 Å². The van der Waals surface area contributed by atoms with Crippen LogP contribution in [0, 0.1) is 6.92 Å². The van der Waals surface area contributed by atoms with Crippen molar-refractivity contribution in [2.75, 3.05) is 7.11 Å². The van der Waals surface area contributed by atoms with Crippen molar-refractivity contribution in [2.24, 2.45) is 0 Å². The van der Waals surface area contributed by atoms with Gasteiger partial charge in [0.25, 0.3) is 5.91 Å². The van der Waals surface area contributed by atoms with Gasteiger partial charge in [0.1, 0.15) is 11.3 Å². The highest BCUT2D eigenvalue weighted by molar-refractivity contribution is 6.31. The second-order valence-electron chi connectivity index (χ2n) is 5.85. The van der Waals surface area contributed by atoms with Crippen molar-refractivity contribution in [2.45, 2.75) is 19.4 Å². The van der Waals surface area contributed by atoms with Gasteiger partial charge in [-0.1, -0.05) is 35.9 Å². The zero-order valence-electron chi connectivity index (χ0n) is 14.4. The predicted molar refractivity (Wildman–Crippen MR) is 98.2 cm³/mol. The van der Waals surface area contributed by atoms with Crippen molar-refractivity contribution in [3.63, 3.8) is 0 Å². The standard InChI is InChI=1S/C19H18ClN3O3/c1-12-6-5-9-17-21-16(11-23(12)17)19(25)22-15(10-18(24)26-2)13-7-3-4-8-14(13)20/h3-9,11,15H,10H2,1-2H3,(H,22,25)/t15-/m1/s1. The Morgan fingerprint density at radius 3 is 2.69 bits per heavy atom. The summed E-state index contributed by atoms with van der Waals surface area (Å²) >= 11 is 6.24. The molecule has 6 nitrogen and oxygen atoms in total. The Morgan fingerprint density at radius 2 is 2.00 bits per heavy atom. The van der Waals surface area contributed by atoms with Gasteiger partial charge < -0.3 is 14.5 Å². The molecule has 0 fully saturated rings. The van der Waals surface area contributed by atoms with Gasteiger partial charge in [-0.05, 0) is 30.7 Å². The molecule has 26 heavy (non-hydrogen) atoms. The maximum Gasteiger partial charge on any atom is 0.307 e. The molecule has 2 aromatic heterocycles. The molecule has 0 aliphatic rings. The molecule has 3 aromatic rings. The number of ether oxygens (including phenoxy) is 1. The molecule has 2 heterocycles. The fraction of sp³-hybridized carbons (Fsp3) is 0.211. The number of carbonyl (C=O) groups excluding carboxylic acids is 2. The van der Waals surface area contributed by atoms with E-state index in [-0.39, 0.29) is 18.0 Å². The van der Waals surface area contributed by atoms with E-state index >= 15 is 0 Å². The molecule has 1 N–H and O–H groups in total. The molecular weight excluding hydrogens is 354 g/mol. The van der Waals surface area contributed by atoms with Crippen LogP contribution in [0.4, 0.5) is 0 Å². The van der Waals surface area contributed by atoms with Gasteiger partial charge in [0.2, 0.25) is 0 Å². The van der Waals surface area contributed by atoms with Crippen LogP contribution in [0.15, 0.2) is 48.7 Å². The highest BCUT2D eigenvalue weighted by Crippen LogP contribution is 2.26. The van der Waals surface area contributed by atoms with E-state index in [2.05, 4.69) is 10.3 Å². The molecule has 1 amide bonds. The van der Waals surface area contributed by atoms with Gasteiger partial charge in [-0.15, -0.1) is 0 Å². The summed E-state index contributed by atoms with van der Waals surface area (Å²) in [5.41, 5.74) is 2.55. The summed E-state index contributed by atoms with van der Waals surface area (Å²) in [6, 6.07) is 12.1. The molecular formula is C19H18ClN3O3.